The second-order valence-electron chi connectivity index (χ2n) is 7.11. The minimum Gasteiger partial charge on any atom is -0.383 e. The Hall–Kier alpha value is -2.67. The second-order valence-corrected chi connectivity index (χ2v) is 7.11. The first-order valence-corrected chi connectivity index (χ1v) is 9.17. The molecule has 0 spiro atoms. The maximum absolute atomic E-state index is 12.5. The Labute approximate surface area is 158 Å². The molecule has 0 aliphatic carbocycles. The van der Waals surface area contributed by atoms with Crippen molar-refractivity contribution in [2.75, 3.05) is 26.2 Å². The normalized spacial score (nSPS) is 20.7. The van der Waals surface area contributed by atoms with Gasteiger partial charge in [0.05, 0.1) is 12.0 Å². The maximum atomic E-state index is 12.5. The molecule has 1 saturated heterocycles. The van der Waals surface area contributed by atoms with E-state index in [4.69, 9.17) is 0 Å². The van der Waals surface area contributed by atoms with E-state index in [0.29, 0.717) is 26.2 Å². The zero-order chi connectivity index (χ0) is 19.4. The fourth-order valence-electron chi connectivity index (χ4n) is 3.36. The van der Waals surface area contributed by atoms with Crippen LogP contribution in [0.2, 0.25) is 0 Å². The van der Waals surface area contributed by atoms with Crippen molar-refractivity contribution in [2.45, 2.75) is 25.5 Å². The van der Waals surface area contributed by atoms with Crippen molar-refractivity contribution >= 4 is 17.7 Å². The van der Waals surface area contributed by atoms with Crippen LogP contribution in [0.25, 0.3) is 0 Å². The smallest absolute Gasteiger partial charge is 0.249 e. The number of aliphatic hydroxyl groups excluding tert-OH is 1. The van der Waals surface area contributed by atoms with E-state index >= 15 is 0 Å². The van der Waals surface area contributed by atoms with Gasteiger partial charge in [0.25, 0.3) is 0 Å². The van der Waals surface area contributed by atoms with Gasteiger partial charge in [-0.15, -0.1) is 0 Å². The van der Waals surface area contributed by atoms with Crippen molar-refractivity contribution in [2.24, 2.45) is 5.92 Å². The summed E-state index contributed by atoms with van der Waals surface area (Å²) in [5.74, 6) is -0.634. The van der Waals surface area contributed by atoms with Gasteiger partial charge in [-0.3, -0.25) is 14.4 Å². The lowest BCUT2D eigenvalue weighted by molar-refractivity contribution is -0.147. The number of nitrogens with zero attached hydrogens (tertiary/aromatic N) is 2. The van der Waals surface area contributed by atoms with Gasteiger partial charge in [0, 0.05) is 39.5 Å². The molecule has 0 aromatic heterocycles. The largest absolute Gasteiger partial charge is 0.383 e. The number of hydrogen-bond acceptors (Lipinski definition) is 4. The number of amides is 3. The maximum Gasteiger partial charge on any atom is 0.249 e. The van der Waals surface area contributed by atoms with Crippen LogP contribution in [0.15, 0.2) is 42.5 Å². The molecule has 2 atom stereocenters. The standard InChI is InChI=1S/C20H25N3O4/c1-14(24)23-11-16(12-23)20(27)22-9-5-8-17(13-22)21-19(26)18(25)10-15-6-3-2-4-7-15/h2-8,16-18,25H,9-13H2,1H3,(H,21,26). The van der Waals surface area contributed by atoms with Gasteiger partial charge in [-0.25, -0.2) is 0 Å². The lowest BCUT2D eigenvalue weighted by Gasteiger charge is -2.41. The topological polar surface area (TPSA) is 90.0 Å². The number of rotatable bonds is 5. The average molecular weight is 371 g/mol. The van der Waals surface area contributed by atoms with E-state index in [9.17, 15) is 19.5 Å². The summed E-state index contributed by atoms with van der Waals surface area (Å²) in [5, 5.41) is 12.9. The number of aliphatic hydroxyl groups is 1. The Balaban J connectivity index is 1.49. The molecule has 2 N–H and O–H groups in total. The van der Waals surface area contributed by atoms with Gasteiger partial charge in [-0.2, -0.15) is 0 Å². The first kappa shape index (κ1) is 19.1. The molecule has 2 aliphatic heterocycles. The fraction of sp³-hybridized carbons (Fsp3) is 0.450. The van der Waals surface area contributed by atoms with E-state index in [2.05, 4.69) is 5.32 Å². The molecule has 2 aliphatic rings. The van der Waals surface area contributed by atoms with Crippen LogP contribution in [-0.4, -0.2) is 71.0 Å². The lowest BCUT2D eigenvalue weighted by atomic mass is 9.97. The minimum absolute atomic E-state index is 0.000864. The summed E-state index contributed by atoms with van der Waals surface area (Å²) in [6, 6.07) is 9.00. The van der Waals surface area contributed by atoms with Crippen molar-refractivity contribution in [3.05, 3.63) is 48.0 Å². The van der Waals surface area contributed by atoms with Crippen LogP contribution in [0.4, 0.5) is 0 Å². The molecule has 1 aromatic carbocycles. The molecule has 7 nitrogen and oxygen atoms in total. The summed E-state index contributed by atoms with van der Waals surface area (Å²) in [6.07, 6.45) is 2.80. The van der Waals surface area contributed by atoms with Crippen LogP contribution in [0, 0.1) is 5.92 Å². The molecule has 1 fully saturated rings. The highest BCUT2D eigenvalue weighted by molar-refractivity contribution is 5.84. The van der Waals surface area contributed by atoms with Gasteiger partial charge in [0.1, 0.15) is 6.10 Å². The van der Waals surface area contributed by atoms with Gasteiger partial charge >= 0.3 is 0 Å². The number of hydrogen-bond donors (Lipinski definition) is 2. The molecule has 2 heterocycles. The number of likely N-dealkylation sites (tertiary alicyclic amines) is 1. The molecule has 27 heavy (non-hydrogen) atoms. The van der Waals surface area contributed by atoms with E-state index in [-0.39, 0.29) is 30.2 Å². The average Bonchev–Trinajstić information content (AvgIpc) is 2.61. The van der Waals surface area contributed by atoms with Gasteiger partial charge < -0.3 is 20.2 Å². The Morgan fingerprint density at radius 1 is 1.15 bits per heavy atom. The van der Waals surface area contributed by atoms with Crippen molar-refractivity contribution in [3.63, 3.8) is 0 Å². The zero-order valence-electron chi connectivity index (χ0n) is 15.4. The molecule has 2 unspecified atom stereocenters. The Bertz CT molecular complexity index is 728. The number of carbonyl (C=O) groups excluding carboxylic acids is 3. The van der Waals surface area contributed by atoms with Gasteiger partial charge in [-0.05, 0) is 5.56 Å². The summed E-state index contributed by atoms with van der Waals surface area (Å²) in [6.45, 7) is 3.28. The van der Waals surface area contributed by atoms with E-state index in [0.717, 1.165) is 5.56 Å². The van der Waals surface area contributed by atoms with E-state index in [1.54, 1.807) is 9.80 Å². The number of benzene rings is 1. The van der Waals surface area contributed by atoms with Gasteiger partial charge in [0.15, 0.2) is 0 Å². The molecule has 0 bridgehead atoms. The highest BCUT2D eigenvalue weighted by Crippen LogP contribution is 2.19. The van der Waals surface area contributed by atoms with Crippen LogP contribution < -0.4 is 5.32 Å². The Morgan fingerprint density at radius 2 is 1.85 bits per heavy atom. The first-order valence-electron chi connectivity index (χ1n) is 9.17. The highest BCUT2D eigenvalue weighted by Gasteiger charge is 2.37. The van der Waals surface area contributed by atoms with Gasteiger partial charge in [-0.1, -0.05) is 42.5 Å². The third kappa shape index (κ3) is 4.74. The monoisotopic (exact) mass is 371 g/mol. The van der Waals surface area contributed by atoms with Crippen molar-refractivity contribution in [1.82, 2.24) is 15.1 Å². The summed E-state index contributed by atoms with van der Waals surface area (Å²) >= 11 is 0. The molecule has 0 radical (unpaired) electrons. The van der Waals surface area contributed by atoms with Crippen LogP contribution in [0.1, 0.15) is 12.5 Å². The first-order chi connectivity index (χ1) is 12.9. The molecule has 1 aromatic rings. The lowest BCUT2D eigenvalue weighted by Crippen LogP contribution is -2.58. The third-order valence-corrected chi connectivity index (χ3v) is 5.00. The number of nitrogens with one attached hydrogen (secondary N) is 1. The number of carbonyl (C=O) groups is 3. The quantitative estimate of drug-likeness (QED) is 0.711. The predicted octanol–water partition coefficient (Wildman–Crippen LogP) is -0.0485. The van der Waals surface area contributed by atoms with Crippen molar-refractivity contribution in [3.8, 4) is 0 Å². The summed E-state index contributed by atoms with van der Waals surface area (Å²) in [5.41, 5.74) is 0.885. The van der Waals surface area contributed by atoms with Crippen LogP contribution >= 0.6 is 0 Å². The van der Waals surface area contributed by atoms with E-state index in [1.165, 1.54) is 6.92 Å². The van der Waals surface area contributed by atoms with Crippen LogP contribution in [0.5, 0.6) is 0 Å². The fourth-order valence-corrected chi connectivity index (χ4v) is 3.36. The molecule has 7 heteroatoms. The Morgan fingerprint density at radius 3 is 2.52 bits per heavy atom. The van der Waals surface area contributed by atoms with Crippen molar-refractivity contribution in [1.29, 1.82) is 0 Å². The molecule has 3 rings (SSSR count). The zero-order valence-corrected chi connectivity index (χ0v) is 15.4. The molecule has 144 valence electrons. The van der Waals surface area contributed by atoms with Crippen LogP contribution in [-0.2, 0) is 20.8 Å². The minimum atomic E-state index is -1.14. The molecular formula is C20H25N3O4. The third-order valence-electron chi connectivity index (χ3n) is 5.00. The summed E-state index contributed by atoms with van der Waals surface area (Å²) in [4.78, 5) is 39.4. The summed E-state index contributed by atoms with van der Waals surface area (Å²) in [7, 11) is 0. The van der Waals surface area contributed by atoms with Crippen LogP contribution in [0.3, 0.4) is 0 Å². The summed E-state index contributed by atoms with van der Waals surface area (Å²) < 4.78 is 0. The van der Waals surface area contributed by atoms with E-state index in [1.807, 2.05) is 42.5 Å². The van der Waals surface area contributed by atoms with E-state index < -0.39 is 12.0 Å². The van der Waals surface area contributed by atoms with Crippen molar-refractivity contribution < 1.29 is 19.5 Å². The highest BCUT2D eigenvalue weighted by atomic mass is 16.3. The van der Waals surface area contributed by atoms with Gasteiger partial charge in [0.2, 0.25) is 17.7 Å². The second kappa shape index (κ2) is 8.35. The Kier molecular flexibility index (Phi) is 5.91. The SMILES string of the molecule is CC(=O)N1CC(C(=O)N2CC=CC(NC(=O)C(O)Cc3ccccc3)C2)C1. The molecule has 0 saturated carbocycles. The molecular weight excluding hydrogens is 346 g/mol. The predicted molar refractivity (Wildman–Crippen MR) is 99.5 cm³/mol. The molecule has 3 amide bonds.